The Kier molecular flexibility index (Phi) is 6.21. The molecular formula is C25H26N2O5S. The summed E-state index contributed by atoms with van der Waals surface area (Å²) < 4.78 is 23.9. The molecule has 0 bridgehead atoms. The lowest BCUT2D eigenvalue weighted by atomic mass is 10.00. The van der Waals surface area contributed by atoms with Crippen LogP contribution in [0.1, 0.15) is 58.0 Å². The molecule has 0 aliphatic carbocycles. The van der Waals surface area contributed by atoms with Crippen LogP contribution in [0.5, 0.6) is 0 Å². The van der Waals surface area contributed by atoms with Gasteiger partial charge in [-0.2, -0.15) is 0 Å². The van der Waals surface area contributed by atoms with Crippen molar-refractivity contribution in [1.82, 2.24) is 10.2 Å². The first-order valence-corrected chi connectivity index (χ1v) is 12.6. The monoisotopic (exact) mass is 466 g/mol. The van der Waals surface area contributed by atoms with E-state index in [0.29, 0.717) is 42.6 Å². The minimum atomic E-state index is -3.30. The van der Waals surface area contributed by atoms with Gasteiger partial charge in [0.2, 0.25) is 5.91 Å². The van der Waals surface area contributed by atoms with Gasteiger partial charge in [-0.15, -0.1) is 0 Å². The highest BCUT2D eigenvalue weighted by Gasteiger charge is 2.38. The number of sulfone groups is 1. The van der Waals surface area contributed by atoms with Crippen LogP contribution in [0.4, 0.5) is 0 Å². The second kappa shape index (κ2) is 8.94. The average Bonchev–Trinajstić information content (AvgIpc) is 3.13. The Balaban J connectivity index is 1.41. The molecule has 2 aromatic carbocycles. The normalized spacial score (nSPS) is 18.3. The Bertz CT molecular complexity index is 1250. The highest BCUT2D eigenvalue weighted by atomic mass is 32.2. The standard InChI is InChI=1S/C25H26N2O5S/c1-3-33(31,32)20-9-7-18(8-10-20)23(28)13-6-17-5-11-21-19(14-17)15-27(25(21)30)22-12-4-16(2)26-24(22)29/h5,7-11,14,22H,2-4,6,12-13,15H2,1H3,(H,26,29). The molecule has 1 fully saturated rings. The molecule has 0 spiro atoms. The van der Waals surface area contributed by atoms with Crippen LogP contribution in [0.3, 0.4) is 0 Å². The molecule has 2 aliphatic rings. The number of carbonyl (C=O) groups is 3. The quantitative estimate of drug-likeness (QED) is 0.632. The van der Waals surface area contributed by atoms with Gasteiger partial charge in [0.15, 0.2) is 15.6 Å². The molecule has 2 aromatic rings. The number of hydrogen-bond donors (Lipinski definition) is 1. The van der Waals surface area contributed by atoms with Crippen molar-refractivity contribution in [3.8, 4) is 0 Å². The molecule has 1 saturated heterocycles. The molecular weight excluding hydrogens is 440 g/mol. The van der Waals surface area contributed by atoms with Crippen molar-refractivity contribution in [2.45, 2.75) is 50.1 Å². The van der Waals surface area contributed by atoms with Gasteiger partial charge in [-0.05, 0) is 48.6 Å². The Morgan fingerprint density at radius 1 is 1.15 bits per heavy atom. The third kappa shape index (κ3) is 4.61. The number of nitrogens with one attached hydrogen (secondary N) is 1. The second-order valence-electron chi connectivity index (χ2n) is 8.42. The van der Waals surface area contributed by atoms with Crippen molar-refractivity contribution in [2.75, 3.05) is 5.75 Å². The Labute approximate surface area is 193 Å². The molecule has 2 heterocycles. The number of piperidine rings is 1. The summed E-state index contributed by atoms with van der Waals surface area (Å²) >= 11 is 0. The fourth-order valence-electron chi connectivity index (χ4n) is 4.28. The molecule has 1 N–H and O–H groups in total. The highest BCUT2D eigenvalue weighted by molar-refractivity contribution is 7.91. The number of allylic oxidation sites excluding steroid dienone is 1. The summed E-state index contributed by atoms with van der Waals surface area (Å²) in [5.74, 6) is -0.412. The van der Waals surface area contributed by atoms with E-state index in [-0.39, 0.29) is 34.7 Å². The third-order valence-corrected chi connectivity index (χ3v) is 8.01. The number of fused-ring (bicyclic) bond motifs is 1. The number of ketones is 1. The lowest BCUT2D eigenvalue weighted by Gasteiger charge is -2.30. The topological polar surface area (TPSA) is 101 Å². The predicted molar refractivity (Wildman–Crippen MR) is 123 cm³/mol. The molecule has 4 rings (SSSR count). The number of rotatable bonds is 7. The van der Waals surface area contributed by atoms with E-state index in [9.17, 15) is 22.8 Å². The third-order valence-electron chi connectivity index (χ3n) is 6.26. The smallest absolute Gasteiger partial charge is 0.255 e. The molecule has 172 valence electrons. The van der Waals surface area contributed by atoms with Crippen molar-refractivity contribution in [2.24, 2.45) is 0 Å². The van der Waals surface area contributed by atoms with Gasteiger partial charge in [0.05, 0.1) is 10.6 Å². The number of benzene rings is 2. The molecule has 0 radical (unpaired) electrons. The molecule has 2 aliphatic heterocycles. The van der Waals surface area contributed by atoms with Gasteiger partial charge in [-0.1, -0.05) is 37.8 Å². The summed E-state index contributed by atoms with van der Waals surface area (Å²) in [4.78, 5) is 39.6. The van der Waals surface area contributed by atoms with Gasteiger partial charge in [-0.3, -0.25) is 14.4 Å². The van der Waals surface area contributed by atoms with Crippen molar-refractivity contribution in [1.29, 1.82) is 0 Å². The molecule has 7 nitrogen and oxygen atoms in total. The van der Waals surface area contributed by atoms with Crippen molar-refractivity contribution >= 4 is 27.4 Å². The molecule has 2 amide bonds. The maximum absolute atomic E-state index is 12.8. The number of aryl methyl sites for hydroxylation is 1. The highest BCUT2D eigenvalue weighted by Crippen LogP contribution is 2.29. The van der Waals surface area contributed by atoms with E-state index in [0.717, 1.165) is 11.1 Å². The lowest BCUT2D eigenvalue weighted by Crippen LogP contribution is -2.49. The van der Waals surface area contributed by atoms with E-state index in [2.05, 4.69) is 11.9 Å². The molecule has 8 heteroatoms. The number of Topliss-reactive ketones (excluding diaryl/α,β-unsaturated/α-hetero) is 1. The van der Waals surface area contributed by atoms with Crippen LogP contribution in [0.2, 0.25) is 0 Å². The van der Waals surface area contributed by atoms with Gasteiger partial charge in [0.1, 0.15) is 6.04 Å². The van der Waals surface area contributed by atoms with E-state index in [1.165, 1.54) is 12.1 Å². The van der Waals surface area contributed by atoms with Gasteiger partial charge in [-0.25, -0.2) is 8.42 Å². The number of hydrogen-bond acceptors (Lipinski definition) is 5. The fourth-order valence-corrected chi connectivity index (χ4v) is 5.16. The molecule has 1 unspecified atom stereocenters. The van der Waals surface area contributed by atoms with E-state index in [4.69, 9.17) is 0 Å². The molecule has 0 saturated carbocycles. The Morgan fingerprint density at radius 3 is 2.55 bits per heavy atom. The zero-order valence-corrected chi connectivity index (χ0v) is 19.3. The number of nitrogens with zero attached hydrogens (tertiary/aromatic N) is 1. The van der Waals surface area contributed by atoms with Crippen LogP contribution < -0.4 is 5.32 Å². The van der Waals surface area contributed by atoms with Crippen molar-refractivity contribution in [3.05, 3.63) is 77.0 Å². The van der Waals surface area contributed by atoms with Gasteiger partial charge in [0.25, 0.3) is 5.91 Å². The van der Waals surface area contributed by atoms with Gasteiger partial charge >= 0.3 is 0 Å². The lowest BCUT2D eigenvalue weighted by molar-refractivity contribution is -0.126. The van der Waals surface area contributed by atoms with Gasteiger partial charge in [0, 0.05) is 29.8 Å². The summed E-state index contributed by atoms with van der Waals surface area (Å²) in [7, 11) is -3.30. The van der Waals surface area contributed by atoms with E-state index < -0.39 is 15.9 Å². The fraction of sp³-hybridized carbons (Fsp3) is 0.320. The van der Waals surface area contributed by atoms with E-state index >= 15 is 0 Å². The van der Waals surface area contributed by atoms with Crippen LogP contribution in [0, 0.1) is 0 Å². The zero-order chi connectivity index (χ0) is 23.8. The van der Waals surface area contributed by atoms with Crippen LogP contribution in [-0.4, -0.2) is 42.7 Å². The molecule has 0 aromatic heterocycles. The van der Waals surface area contributed by atoms with Gasteiger partial charge < -0.3 is 10.2 Å². The molecule has 33 heavy (non-hydrogen) atoms. The largest absolute Gasteiger partial charge is 0.329 e. The minimum absolute atomic E-state index is 0.0132. The van der Waals surface area contributed by atoms with E-state index in [1.807, 2.05) is 12.1 Å². The van der Waals surface area contributed by atoms with E-state index in [1.54, 1.807) is 30.0 Å². The zero-order valence-electron chi connectivity index (χ0n) is 18.5. The summed E-state index contributed by atoms with van der Waals surface area (Å²) in [6, 6.07) is 11.1. The Morgan fingerprint density at radius 2 is 1.88 bits per heavy atom. The maximum atomic E-state index is 12.8. The summed E-state index contributed by atoms with van der Waals surface area (Å²) in [6.07, 6.45) is 1.97. The van der Waals surface area contributed by atoms with Crippen molar-refractivity contribution in [3.63, 3.8) is 0 Å². The summed E-state index contributed by atoms with van der Waals surface area (Å²) in [5.41, 5.74) is 3.53. The van der Waals surface area contributed by atoms with Crippen molar-refractivity contribution < 1.29 is 22.8 Å². The predicted octanol–water partition coefficient (Wildman–Crippen LogP) is 3.04. The average molecular weight is 467 g/mol. The first kappa shape index (κ1) is 22.9. The SMILES string of the molecule is C=C1CCC(N2Cc3cc(CCC(=O)c4ccc(S(=O)(=O)CC)cc4)ccc3C2=O)C(=O)N1. The minimum Gasteiger partial charge on any atom is -0.329 e. The van der Waals surface area contributed by atoms with Crippen LogP contribution >= 0.6 is 0 Å². The van der Waals surface area contributed by atoms with Crippen LogP contribution in [-0.2, 0) is 27.6 Å². The second-order valence-corrected chi connectivity index (χ2v) is 10.7. The van der Waals surface area contributed by atoms with Crippen LogP contribution in [0.25, 0.3) is 0 Å². The first-order valence-electron chi connectivity index (χ1n) is 11.0. The summed E-state index contributed by atoms with van der Waals surface area (Å²) in [6.45, 7) is 5.73. The van der Waals surface area contributed by atoms with Crippen LogP contribution in [0.15, 0.2) is 59.6 Å². The first-order chi connectivity index (χ1) is 15.7. The summed E-state index contributed by atoms with van der Waals surface area (Å²) in [5, 5.41) is 2.73. The molecule has 1 atom stereocenters. The number of carbonyl (C=O) groups excluding carboxylic acids is 3. The Hall–Kier alpha value is -3.26. The maximum Gasteiger partial charge on any atom is 0.255 e. The number of amides is 2.